The molecule has 0 aromatic carbocycles. The van der Waals surface area contributed by atoms with Crippen molar-refractivity contribution in [1.29, 1.82) is 0 Å². The van der Waals surface area contributed by atoms with E-state index >= 15 is 0 Å². The van der Waals surface area contributed by atoms with E-state index in [9.17, 15) is 0 Å². The molecule has 0 radical (unpaired) electrons. The minimum Gasteiger partial charge on any atom is -0.373 e. The van der Waals surface area contributed by atoms with Crippen LogP contribution in [0.15, 0.2) is 0 Å². The molecule has 0 aromatic rings. The molecule has 2 heteroatoms. The van der Waals surface area contributed by atoms with Gasteiger partial charge in [-0.3, -0.25) is 0 Å². The Morgan fingerprint density at radius 3 is 2.54 bits per heavy atom. The first-order valence-corrected chi connectivity index (χ1v) is 5.50. The molecule has 2 nitrogen and oxygen atoms in total. The molecule has 0 bridgehead atoms. The highest BCUT2D eigenvalue weighted by molar-refractivity contribution is 5.01. The van der Waals surface area contributed by atoms with Crippen LogP contribution in [0.1, 0.15) is 33.1 Å². The second kappa shape index (κ2) is 3.25. The summed E-state index contributed by atoms with van der Waals surface area (Å²) in [6.45, 7) is 6.77. The molecule has 13 heavy (non-hydrogen) atoms. The normalized spacial score (nSPS) is 47.3. The van der Waals surface area contributed by atoms with Crippen LogP contribution in [-0.4, -0.2) is 36.7 Å². The highest BCUT2D eigenvalue weighted by Gasteiger charge is 2.48. The molecule has 2 rings (SSSR count). The Labute approximate surface area is 81.3 Å². The Kier molecular flexibility index (Phi) is 2.37. The first kappa shape index (κ1) is 9.47. The van der Waals surface area contributed by atoms with Crippen molar-refractivity contribution < 1.29 is 4.74 Å². The standard InChI is InChI=1S/C11H21NO/c1-9-10(2)12(3)8-11(9)6-4-5-7-13-11/h9-10H,4-8H2,1-3H3. The van der Waals surface area contributed by atoms with Crippen LogP contribution >= 0.6 is 0 Å². The lowest BCUT2D eigenvalue weighted by Gasteiger charge is -2.37. The monoisotopic (exact) mass is 183 g/mol. The molecule has 0 amide bonds. The minimum absolute atomic E-state index is 0.201. The van der Waals surface area contributed by atoms with E-state index < -0.39 is 0 Å². The first-order valence-electron chi connectivity index (χ1n) is 5.50. The van der Waals surface area contributed by atoms with Gasteiger partial charge in [0.25, 0.3) is 0 Å². The third-order valence-corrected chi connectivity index (χ3v) is 4.15. The summed E-state index contributed by atoms with van der Waals surface area (Å²) in [6, 6.07) is 0.679. The SMILES string of the molecule is CC1C(C)C2(CCCCO2)CN1C. The van der Waals surface area contributed by atoms with Crippen molar-refractivity contribution in [1.82, 2.24) is 4.90 Å². The Morgan fingerprint density at radius 2 is 2.08 bits per heavy atom. The molecular weight excluding hydrogens is 162 g/mol. The van der Waals surface area contributed by atoms with E-state index in [0.717, 1.165) is 13.2 Å². The maximum absolute atomic E-state index is 6.04. The number of nitrogens with zero attached hydrogens (tertiary/aromatic N) is 1. The fraction of sp³-hybridized carbons (Fsp3) is 1.00. The number of likely N-dealkylation sites (tertiary alicyclic amines) is 1. The maximum atomic E-state index is 6.04. The van der Waals surface area contributed by atoms with Crippen molar-refractivity contribution in [2.24, 2.45) is 5.92 Å². The zero-order valence-corrected chi connectivity index (χ0v) is 9.05. The van der Waals surface area contributed by atoms with E-state index in [4.69, 9.17) is 4.74 Å². The van der Waals surface area contributed by atoms with Gasteiger partial charge in [-0.05, 0) is 33.2 Å². The topological polar surface area (TPSA) is 12.5 Å². The predicted molar refractivity (Wildman–Crippen MR) is 53.8 cm³/mol. The summed E-state index contributed by atoms with van der Waals surface area (Å²) in [5.41, 5.74) is 0.201. The summed E-state index contributed by atoms with van der Waals surface area (Å²) in [5.74, 6) is 0.692. The van der Waals surface area contributed by atoms with Crippen LogP contribution in [0.3, 0.4) is 0 Å². The van der Waals surface area contributed by atoms with Gasteiger partial charge < -0.3 is 9.64 Å². The molecule has 0 N–H and O–H groups in total. The van der Waals surface area contributed by atoms with Gasteiger partial charge in [0.2, 0.25) is 0 Å². The van der Waals surface area contributed by atoms with Crippen molar-refractivity contribution in [2.45, 2.75) is 44.8 Å². The fourth-order valence-electron chi connectivity index (χ4n) is 2.89. The summed E-state index contributed by atoms with van der Waals surface area (Å²) in [5, 5.41) is 0. The smallest absolute Gasteiger partial charge is 0.0848 e. The van der Waals surface area contributed by atoms with Crippen LogP contribution in [0.5, 0.6) is 0 Å². The Balaban J connectivity index is 2.13. The number of hydrogen-bond acceptors (Lipinski definition) is 2. The van der Waals surface area contributed by atoms with Gasteiger partial charge in [-0.1, -0.05) is 6.92 Å². The summed E-state index contributed by atoms with van der Waals surface area (Å²) >= 11 is 0. The van der Waals surface area contributed by atoms with Gasteiger partial charge >= 0.3 is 0 Å². The highest BCUT2D eigenvalue weighted by Crippen LogP contribution is 2.40. The molecule has 2 aliphatic rings. The maximum Gasteiger partial charge on any atom is 0.0848 e. The third-order valence-electron chi connectivity index (χ3n) is 4.15. The molecule has 76 valence electrons. The van der Waals surface area contributed by atoms with E-state index in [-0.39, 0.29) is 5.60 Å². The summed E-state index contributed by atoms with van der Waals surface area (Å²) < 4.78 is 6.04. The van der Waals surface area contributed by atoms with Gasteiger partial charge in [0.05, 0.1) is 5.60 Å². The summed E-state index contributed by atoms with van der Waals surface area (Å²) in [6.07, 6.45) is 3.88. The average Bonchev–Trinajstić information content (AvgIpc) is 2.33. The van der Waals surface area contributed by atoms with Crippen molar-refractivity contribution in [3.8, 4) is 0 Å². The van der Waals surface area contributed by atoms with Gasteiger partial charge in [-0.15, -0.1) is 0 Å². The molecule has 0 aromatic heterocycles. The summed E-state index contributed by atoms with van der Waals surface area (Å²) in [4.78, 5) is 2.44. The van der Waals surface area contributed by atoms with Gasteiger partial charge in [0.1, 0.15) is 0 Å². The Hall–Kier alpha value is -0.0800. The van der Waals surface area contributed by atoms with Crippen LogP contribution in [-0.2, 0) is 4.74 Å². The lowest BCUT2D eigenvalue weighted by Crippen LogP contribution is -2.43. The third kappa shape index (κ3) is 1.40. The summed E-state index contributed by atoms with van der Waals surface area (Å²) in [7, 11) is 2.22. The predicted octanol–water partition coefficient (Wildman–Crippen LogP) is 1.90. The largest absolute Gasteiger partial charge is 0.373 e. The van der Waals surface area contributed by atoms with Gasteiger partial charge in [-0.25, -0.2) is 0 Å². The number of hydrogen-bond donors (Lipinski definition) is 0. The minimum atomic E-state index is 0.201. The van der Waals surface area contributed by atoms with Crippen molar-refractivity contribution in [3.05, 3.63) is 0 Å². The Bertz CT molecular complexity index is 187. The van der Waals surface area contributed by atoms with Crippen LogP contribution in [0.2, 0.25) is 0 Å². The van der Waals surface area contributed by atoms with Crippen LogP contribution < -0.4 is 0 Å². The van der Waals surface area contributed by atoms with Crippen molar-refractivity contribution in [3.63, 3.8) is 0 Å². The van der Waals surface area contributed by atoms with Gasteiger partial charge in [-0.2, -0.15) is 0 Å². The molecule has 3 atom stereocenters. The molecule has 0 aliphatic carbocycles. The zero-order valence-electron chi connectivity index (χ0n) is 9.05. The van der Waals surface area contributed by atoms with Crippen molar-refractivity contribution >= 4 is 0 Å². The lowest BCUT2D eigenvalue weighted by molar-refractivity contribution is -0.0927. The van der Waals surface area contributed by atoms with E-state index in [1.54, 1.807) is 0 Å². The Morgan fingerprint density at radius 1 is 1.31 bits per heavy atom. The number of ether oxygens (including phenoxy) is 1. The number of likely N-dealkylation sites (N-methyl/N-ethyl adjacent to an activating group) is 1. The van der Waals surface area contributed by atoms with Gasteiger partial charge in [0, 0.05) is 25.1 Å². The number of rotatable bonds is 0. The van der Waals surface area contributed by atoms with Crippen molar-refractivity contribution in [2.75, 3.05) is 20.2 Å². The fourth-order valence-corrected chi connectivity index (χ4v) is 2.89. The van der Waals surface area contributed by atoms with Gasteiger partial charge in [0.15, 0.2) is 0 Å². The van der Waals surface area contributed by atoms with E-state index in [2.05, 4.69) is 25.8 Å². The molecule has 2 heterocycles. The molecule has 2 saturated heterocycles. The lowest BCUT2D eigenvalue weighted by atomic mass is 9.83. The zero-order chi connectivity index (χ0) is 9.47. The molecule has 2 aliphatic heterocycles. The van der Waals surface area contributed by atoms with E-state index in [1.165, 1.54) is 19.3 Å². The molecular formula is C11H21NO. The molecule has 0 saturated carbocycles. The quantitative estimate of drug-likeness (QED) is 0.568. The van der Waals surface area contributed by atoms with Crippen LogP contribution in [0.25, 0.3) is 0 Å². The van der Waals surface area contributed by atoms with E-state index in [0.29, 0.717) is 12.0 Å². The highest BCUT2D eigenvalue weighted by atomic mass is 16.5. The van der Waals surface area contributed by atoms with Crippen LogP contribution in [0.4, 0.5) is 0 Å². The average molecular weight is 183 g/mol. The second-order valence-corrected chi connectivity index (χ2v) is 4.81. The molecule has 1 spiro atoms. The van der Waals surface area contributed by atoms with Crippen LogP contribution in [0, 0.1) is 5.92 Å². The molecule has 3 unspecified atom stereocenters. The van der Waals surface area contributed by atoms with E-state index in [1.807, 2.05) is 0 Å². The first-order chi connectivity index (χ1) is 6.16. The second-order valence-electron chi connectivity index (χ2n) is 4.81. The molecule has 2 fully saturated rings.